The minimum atomic E-state index is -0.0262. The van der Waals surface area contributed by atoms with Gasteiger partial charge in [-0.05, 0) is 92.3 Å². The van der Waals surface area contributed by atoms with Crippen LogP contribution in [0.3, 0.4) is 0 Å². The molecule has 0 spiro atoms. The van der Waals surface area contributed by atoms with Crippen LogP contribution in [0.4, 0.5) is 0 Å². The number of hydrogen-bond acceptors (Lipinski definition) is 2. The molecule has 2 heteroatoms. The van der Waals surface area contributed by atoms with Crippen LogP contribution in [0.1, 0.15) is 71.6 Å². The minimum Gasteiger partial charge on any atom is -0.393 e. The van der Waals surface area contributed by atoms with Gasteiger partial charge in [0.05, 0.1) is 12.2 Å². The van der Waals surface area contributed by atoms with Crippen LogP contribution in [0.15, 0.2) is 0 Å². The molecule has 4 rings (SSSR count). The molecule has 0 heterocycles. The molecule has 0 radical (unpaired) electrons. The molecular formula is C20H34O2. The van der Waals surface area contributed by atoms with Gasteiger partial charge < -0.3 is 9.84 Å². The molecule has 0 aliphatic heterocycles. The van der Waals surface area contributed by atoms with Crippen molar-refractivity contribution < 1.29 is 9.84 Å². The fraction of sp³-hybridized carbons (Fsp3) is 1.00. The van der Waals surface area contributed by atoms with E-state index in [0.29, 0.717) is 16.9 Å². The first-order chi connectivity index (χ1) is 10.5. The maximum absolute atomic E-state index is 10.1. The van der Waals surface area contributed by atoms with E-state index in [1.807, 2.05) is 7.11 Å². The van der Waals surface area contributed by atoms with Gasteiger partial charge in [-0.2, -0.15) is 0 Å². The second-order valence-electron chi connectivity index (χ2n) is 9.51. The quantitative estimate of drug-likeness (QED) is 0.778. The van der Waals surface area contributed by atoms with E-state index in [9.17, 15) is 5.11 Å². The molecule has 22 heavy (non-hydrogen) atoms. The number of aliphatic hydroxyl groups excluding tert-OH is 1. The molecule has 8 atom stereocenters. The van der Waals surface area contributed by atoms with Gasteiger partial charge in [-0.3, -0.25) is 0 Å². The summed E-state index contributed by atoms with van der Waals surface area (Å²) >= 11 is 0. The largest absolute Gasteiger partial charge is 0.393 e. The molecule has 4 aliphatic rings. The smallest absolute Gasteiger partial charge is 0.0607 e. The van der Waals surface area contributed by atoms with Crippen LogP contribution in [0, 0.1) is 34.5 Å². The van der Waals surface area contributed by atoms with E-state index < -0.39 is 0 Å². The monoisotopic (exact) mass is 306 g/mol. The lowest BCUT2D eigenvalue weighted by Gasteiger charge is -2.60. The molecule has 0 amide bonds. The average molecular weight is 306 g/mol. The van der Waals surface area contributed by atoms with E-state index in [-0.39, 0.29) is 6.10 Å². The summed E-state index contributed by atoms with van der Waals surface area (Å²) in [5, 5.41) is 10.1. The normalized spacial score (nSPS) is 57.8. The first-order valence-electron chi connectivity index (χ1n) is 9.69. The Morgan fingerprint density at radius 3 is 2.50 bits per heavy atom. The van der Waals surface area contributed by atoms with E-state index >= 15 is 0 Å². The van der Waals surface area contributed by atoms with E-state index in [4.69, 9.17) is 4.74 Å². The van der Waals surface area contributed by atoms with Crippen molar-refractivity contribution in [3.63, 3.8) is 0 Å². The van der Waals surface area contributed by atoms with Crippen molar-refractivity contribution in [2.75, 3.05) is 7.11 Å². The van der Waals surface area contributed by atoms with Crippen molar-refractivity contribution in [3.05, 3.63) is 0 Å². The van der Waals surface area contributed by atoms with Crippen molar-refractivity contribution >= 4 is 0 Å². The van der Waals surface area contributed by atoms with Crippen LogP contribution in [-0.4, -0.2) is 24.4 Å². The summed E-state index contributed by atoms with van der Waals surface area (Å²) < 4.78 is 5.94. The maximum atomic E-state index is 10.1. The predicted molar refractivity (Wildman–Crippen MR) is 88.5 cm³/mol. The number of rotatable bonds is 1. The summed E-state index contributed by atoms with van der Waals surface area (Å²) in [5.41, 5.74) is 1.03. The lowest BCUT2D eigenvalue weighted by molar-refractivity contribution is -0.139. The second kappa shape index (κ2) is 5.21. The van der Waals surface area contributed by atoms with E-state index in [1.54, 1.807) is 0 Å². The van der Waals surface area contributed by atoms with Gasteiger partial charge in [0, 0.05) is 7.11 Å². The topological polar surface area (TPSA) is 29.5 Å². The Bertz CT molecular complexity index is 435. The van der Waals surface area contributed by atoms with Gasteiger partial charge in [0.2, 0.25) is 0 Å². The van der Waals surface area contributed by atoms with Gasteiger partial charge in [-0.15, -0.1) is 0 Å². The summed E-state index contributed by atoms with van der Waals surface area (Å²) in [6.07, 6.45) is 12.0. The van der Waals surface area contributed by atoms with Crippen molar-refractivity contribution in [2.24, 2.45) is 34.5 Å². The Hall–Kier alpha value is -0.0800. The number of hydrogen-bond donors (Lipinski definition) is 1. The van der Waals surface area contributed by atoms with E-state index in [0.717, 1.165) is 36.5 Å². The Morgan fingerprint density at radius 2 is 1.73 bits per heavy atom. The van der Waals surface area contributed by atoms with Gasteiger partial charge in [-0.25, -0.2) is 0 Å². The van der Waals surface area contributed by atoms with Gasteiger partial charge in [0.15, 0.2) is 0 Å². The van der Waals surface area contributed by atoms with Gasteiger partial charge in [0.1, 0.15) is 0 Å². The van der Waals surface area contributed by atoms with Crippen LogP contribution in [0.25, 0.3) is 0 Å². The third-order valence-electron chi connectivity index (χ3n) is 8.71. The zero-order valence-corrected chi connectivity index (χ0v) is 14.7. The Kier molecular flexibility index (Phi) is 3.66. The van der Waals surface area contributed by atoms with E-state index in [2.05, 4.69) is 13.8 Å². The molecule has 1 N–H and O–H groups in total. The summed E-state index contributed by atoms with van der Waals surface area (Å²) in [6.45, 7) is 5.12. The molecule has 0 unspecified atom stereocenters. The van der Waals surface area contributed by atoms with Crippen LogP contribution in [0.2, 0.25) is 0 Å². The molecule has 0 aromatic carbocycles. The van der Waals surface area contributed by atoms with Gasteiger partial charge >= 0.3 is 0 Å². The highest BCUT2D eigenvalue weighted by atomic mass is 16.5. The predicted octanol–water partition coefficient (Wildman–Crippen LogP) is 4.41. The summed E-state index contributed by atoms with van der Waals surface area (Å²) in [7, 11) is 1.93. The zero-order valence-electron chi connectivity index (χ0n) is 14.7. The molecule has 2 nitrogen and oxygen atoms in total. The molecule has 0 aromatic heterocycles. The second-order valence-corrected chi connectivity index (χ2v) is 9.51. The van der Waals surface area contributed by atoms with Gasteiger partial charge in [-0.1, -0.05) is 13.8 Å². The lowest BCUT2D eigenvalue weighted by Crippen LogP contribution is -2.54. The van der Waals surface area contributed by atoms with Crippen molar-refractivity contribution in [3.8, 4) is 0 Å². The third kappa shape index (κ3) is 2.05. The fourth-order valence-electron chi connectivity index (χ4n) is 7.49. The highest BCUT2D eigenvalue weighted by Crippen LogP contribution is 2.66. The minimum absolute atomic E-state index is 0.0262. The average Bonchev–Trinajstić information content (AvgIpc) is 2.85. The fourth-order valence-corrected chi connectivity index (χ4v) is 7.49. The highest BCUT2D eigenvalue weighted by Gasteiger charge is 2.60. The zero-order chi connectivity index (χ0) is 15.5. The first kappa shape index (κ1) is 15.4. The van der Waals surface area contributed by atoms with Gasteiger partial charge in [0.25, 0.3) is 0 Å². The highest BCUT2D eigenvalue weighted by molar-refractivity contribution is 5.09. The molecule has 0 aromatic rings. The Labute approximate surface area is 136 Å². The number of methoxy groups -OCH3 is 1. The Balaban J connectivity index is 1.64. The first-order valence-corrected chi connectivity index (χ1v) is 9.69. The van der Waals surface area contributed by atoms with Crippen LogP contribution in [0.5, 0.6) is 0 Å². The third-order valence-corrected chi connectivity index (χ3v) is 8.71. The molecule has 4 aliphatic carbocycles. The van der Waals surface area contributed by atoms with Crippen LogP contribution < -0.4 is 0 Å². The maximum Gasteiger partial charge on any atom is 0.0607 e. The lowest BCUT2D eigenvalue weighted by atomic mass is 9.45. The number of fused-ring (bicyclic) bond motifs is 5. The molecule has 126 valence electrons. The van der Waals surface area contributed by atoms with Crippen LogP contribution >= 0.6 is 0 Å². The SMILES string of the molecule is CO[C@H]1CC[C@]2(C)CC[C@@H]3[C@H](CC[C@@H]4C[C@H](O)CC[C@]43C)[C@@H]12. The Morgan fingerprint density at radius 1 is 0.955 bits per heavy atom. The summed E-state index contributed by atoms with van der Waals surface area (Å²) in [6, 6.07) is 0. The van der Waals surface area contributed by atoms with Crippen molar-refractivity contribution in [1.29, 1.82) is 0 Å². The van der Waals surface area contributed by atoms with Crippen molar-refractivity contribution in [1.82, 2.24) is 0 Å². The molecule has 0 bridgehead atoms. The van der Waals surface area contributed by atoms with Crippen molar-refractivity contribution in [2.45, 2.75) is 83.8 Å². The molecule has 4 saturated carbocycles. The summed E-state index contributed by atoms with van der Waals surface area (Å²) in [5.74, 6) is 3.32. The standard InChI is InChI=1S/C20H34O2/c1-19-9-7-16-15(18(19)17(22-3)8-10-19)5-4-13-12-14(21)6-11-20(13,16)2/h13-18,21H,4-12H2,1-3H3/t13-,14-,15+,16-,17+,18+,19+,20-/m1/s1. The summed E-state index contributed by atoms with van der Waals surface area (Å²) in [4.78, 5) is 0. The van der Waals surface area contributed by atoms with E-state index in [1.165, 1.54) is 44.9 Å². The molecule has 4 fully saturated rings. The number of ether oxygens (including phenoxy) is 1. The number of aliphatic hydroxyl groups is 1. The van der Waals surface area contributed by atoms with Crippen LogP contribution in [-0.2, 0) is 4.74 Å². The molecule has 0 saturated heterocycles. The molecular weight excluding hydrogens is 272 g/mol.